The molecule has 0 saturated carbocycles. The van der Waals surface area contributed by atoms with E-state index in [4.69, 9.17) is 22.9 Å². The molecule has 13 N–H and O–H groups in total. The Kier molecular flexibility index (Phi) is 13.9. The van der Waals surface area contributed by atoms with Crippen LogP contribution in [-0.2, 0) is 35.2 Å². The third-order valence-electron chi connectivity index (χ3n) is 5.64. The number of carboxylic acids is 1. The van der Waals surface area contributed by atoms with Crippen LogP contribution in [0.15, 0.2) is 24.3 Å². The molecule has 1 aromatic carbocycles. The normalized spacial score (nSPS) is 13.8. The van der Waals surface area contributed by atoms with Crippen molar-refractivity contribution in [3.63, 3.8) is 0 Å². The summed E-state index contributed by atoms with van der Waals surface area (Å²) >= 11 is 0. The fourth-order valence-corrected chi connectivity index (χ4v) is 3.52. The van der Waals surface area contributed by atoms with Gasteiger partial charge in [-0.1, -0.05) is 12.1 Å². The first-order valence-electron chi connectivity index (χ1n) is 12.3. The molecule has 216 valence electrons. The van der Waals surface area contributed by atoms with Crippen molar-refractivity contribution in [1.29, 1.82) is 0 Å². The predicted octanol–water partition coefficient (Wildman–Crippen LogP) is -2.93. The number of primary amides is 2. The van der Waals surface area contributed by atoms with Gasteiger partial charge >= 0.3 is 5.97 Å². The summed E-state index contributed by atoms with van der Waals surface area (Å²) in [6.45, 7) is 0.331. The zero-order valence-electron chi connectivity index (χ0n) is 21.4. The van der Waals surface area contributed by atoms with Crippen LogP contribution in [0, 0.1) is 0 Å². The molecule has 4 unspecified atom stereocenters. The largest absolute Gasteiger partial charge is 0.508 e. The van der Waals surface area contributed by atoms with E-state index in [0.717, 1.165) is 0 Å². The second-order valence-corrected chi connectivity index (χ2v) is 8.96. The number of hydrogen-bond acceptors (Lipinski definition) is 9. The Morgan fingerprint density at radius 3 is 1.87 bits per heavy atom. The molecule has 1 aromatic rings. The number of unbranched alkanes of at least 4 members (excludes halogenated alkanes) is 1. The standard InChI is InChI=1S/C24H37N7O8/c25-10-2-1-3-16(29-21(35)15(26)12-20(28)34)22(36)31-18(11-13-4-6-14(32)7-5-13)23(37)30-17(24(38)39)8-9-19(27)33/h4-7,15-18,32H,1-3,8-12,25-26H2,(H2,27,33)(H2,28,34)(H,29,35)(H,30,37)(H,31,36)(H,38,39). The molecule has 0 aliphatic carbocycles. The van der Waals surface area contributed by atoms with E-state index in [1.807, 2.05) is 0 Å². The van der Waals surface area contributed by atoms with Crippen LogP contribution in [0.25, 0.3) is 0 Å². The van der Waals surface area contributed by atoms with Crippen LogP contribution in [0.4, 0.5) is 0 Å². The van der Waals surface area contributed by atoms with Crippen LogP contribution in [0.1, 0.15) is 44.1 Å². The molecule has 0 aliphatic rings. The molecule has 15 nitrogen and oxygen atoms in total. The number of phenolic OH excluding ortho intramolecular Hbond substituents is 1. The number of carbonyl (C=O) groups excluding carboxylic acids is 5. The summed E-state index contributed by atoms with van der Waals surface area (Å²) in [7, 11) is 0. The molecule has 0 heterocycles. The minimum atomic E-state index is -1.46. The number of aromatic hydroxyl groups is 1. The number of aliphatic carboxylic acids is 1. The highest BCUT2D eigenvalue weighted by atomic mass is 16.4. The highest BCUT2D eigenvalue weighted by Gasteiger charge is 2.30. The number of benzene rings is 1. The Morgan fingerprint density at radius 1 is 0.769 bits per heavy atom. The SMILES string of the molecule is NCCCCC(NC(=O)C(N)CC(N)=O)C(=O)NC(Cc1ccc(O)cc1)C(=O)NC(CCC(N)=O)C(=O)O. The Balaban J connectivity index is 3.16. The average molecular weight is 552 g/mol. The molecule has 15 heteroatoms. The highest BCUT2D eigenvalue weighted by Crippen LogP contribution is 2.12. The van der Waals surface area contributed by atoms with Crippen molar-refractivity contribution < 1.29 is 39.0 Å². The number of carboxylic acid groups (broad SMARTS) is 1. The predicted molar refractivity (Wildman–Crippen MR) is 138 cm³/mol. The van der Waals surface area contributed by atoms with E-state index in [1.165, 1.54) is 24.3 Å². The number of carbonyl (C=O) groups is 6. The van der Waals surface area contributed by atoms with E-state index in [1.54, 1.807) is 0 Å². The van der Waals surface area contributed by atoms with Crippen molar-refractivity contribution in [2.45, 2.75) is 69.1 Å². The van der Waals surface area contributed by atoms with Crippen molar-refractivity contribution in [2.75, 3.05) is 6.54 Å². The monoisotopic (exact) mass is 551 g/mol. The fourth-order valence-electron chi connectivity index (χ4n) is 3.52. The van der Waals surface area contributed by atoms with Gasteiger partial charge in [0.2, 0.25) is 29.5 Å². The molecule has 0 spiro atoms. The molecular weight excluding hydrogens is 514 g/mol. The van der Waals surface area contributed by atoms with Crippen LogP contribution in [-0.4, -0.2) is 76.4 Å². The second-order valence-electron chi connectivity index (χ2n) is 8.96. The molecule has 0 aliphatic heterocycles. The van der Waals surface area contributed by atoms with Gasteiger partial charge in [0, 0.05) is 12.8 Å². The minimum Gasteiger partial charge on any atom is -0.508 e. The minimum absolute atomic E-state index is 0.0313. The van der Waals surface area contributed by atoms with E-state index in [9.17, 15) is 39.0 Å². The maximum absolute atomic E-state index is 13.2. The highest BCUT2D eigenvalue weighted by molar-refractivity contribution is 5.95. The van der Waals surface area contributed by atoms with Crippen molar-refractivity contribution in [1.82, 2.24) is 16.0 Å². The summed E-state index contributed by atoms with van der Waals surface area (Å²) in [6, 6.07) is 0.513. The van der Waals surface area contributed by atoms with Crippen LogP contribution < -0.4 is 38.9 Å². The number of hydrogen-bond donors (Lipinski definition) is 9. The van der Waals surface area contributed by atoms with Gasteiger partial charge in [-0.3, -0.25) is 24.0 Å². The van der Waals surface area contributed by atoms with Crippen molar-refractivity contribution in [3.05, 3.63) is 29.8 Å². The third-order valence-corrected chi connectivity index (χ3v) is 5.64. The van der Waals surface area contributed by atoms with Gasteiger partial charge in [0.05, 0.1) is 12.5 Å². The van der Waals surface area contributed by atoms with E-state index in [-0.39, 0.29) is 31.4 Å². The first-order valence-corrected chi connectivity index (χ1v) is 12.3. The molecular formula is C24H37N7O8. The summed E-state index contributed by atoms with van der Waals surface area (Å²) in [5, 5.41) is 26.3. The molecule has 4 atom stereocenters. The molecule has 1 rings (SSSR count). The topological polar surface area (TPSA) is 283 Å². The molecule has 0 bridgehead atoms. The lowest BCUT2D eigenvalue weighted by molar-refractivity contribution is -0.142. The quantitative estimate of drug-likeness (QED) is 0.0837. The zero-order valence-corrected chi connectivity index (χ0v) is 21.4. The zero-order chi connectivity index (χ0) is 29.5. The van der Waals surface area contributed by atoms with Crippen molar-refractivity contribution >= 4 is 35.5 Å². The molecule has 0 aromatic heterocycles. The Morgan fingerprint density at radius 2 is 1.33 bits per heavy atom. The Hall–Kier alpha value is -4.24. The van der Waals surface area contributed by atoms with Gasteiger partial charge in [-0.05, 0) is 49.9 Å². The summed E-state index contributed by atoms with van der Waals surface area (Å²) < 4.78 is 0. The average Bonchev–Trinajstić information content (AvgIpc) is 2.85. The van der Waals surface area contributed by atoms with Crippen LogP contribution in [0.5, 0.6) is 5.75 Å². The lowest BCUT2D eigenvalue weighted by Gasteiger charge is -2.25. The Bertz CT molecular complexity index is 1020. The Labute approximate surface area is 225 Å². The van der Waals surface area contributed by atoms with Gasteiger partial charge in [0.25, 0.3) is 0 Å². The molecule has 39 heavy (non-hydrogen) atoms. The lowest BCUT2D eigenvalue weighted by Crippen LogP contribution is -2.57. The number of phenols is 1. The van der Waals surface area contributed by atoms with Crippen molar-refractivity contribution in [2.24, 2.45) is 22.9 Å². The summed E-state index contributed by atoms with van der Waals surface area (Å²) in [4.78, 5) is 72.6. The number of nitrogens with two attached hydrogens (primary N) is 4. The van der Waals surface area contributed by atoms with E-state index in [2.05, 4.69) is 16.0 Å². The van der Waals surface area contributed by atoms with Gasteiger partial charge in [-0.15, -0.1) is 0 Å². The second kappa shape index (κ2) is 16.6. The van der Waals surface area contributed by atoms with Crippen LogP contribution in [0.3, 0.4) is 0 Å². The van der Waals surface area contributed by atoms with E-state index in [0.29, 0.717) is 24.9 Å². The van der Waals surface area contributed by atoms with Crippen LogP contribution in [0.2, 0.25) is 0 Å². The number of nitrogens with one attached hydrogen (secondary N) is 3. The fraction of sp³-hybridized carbons (Fsp3) is 0.500. The maximum atomic E-state index is 13.2. The smallest absolute Gasteiger partial charge is 0.326 e. The lowest BCUT2D eigenvalue weighted by atomic mass is 10.0. The summed E-state index contributed by atoms with van der Waals surface area (Å²) in [5.74, 6) is -5.45. The summed E-state index contributed by atoms with van der Waals surface area (Å²) in [5.41, 5.74) is 21.9. The van der Waals surface area contributed by atoms with E-state index >= 15 is 0 Å². The van der Waals surface area contributed by atoms with Crippen LogP contribution >= 0.6 is 0 Å². The van der Waals surface area contributed by atoms with Gasteiger partial charge < -0.3 is 49.1 Å². The van der Waals surface area contributed by atoms with Gasteiger partial charge in [-0.2, -0.15) is 0 Å². The van der Waals surface area contributed by atoms with Gasteiger partial charge in [-0.25, -0.2) is 4.79 Å². The molecule has 0 saturated heterocycles. The number of rotatable bonds is 18. The first-order chi connectivity index (χ1) is 18.3. The van der Waals surface area contributed by atoms with Gasteiger partial charge in [0.1, 0.15) is 23.9 Å². The maximum Gasteiger partial charge on any atom is 0.326 e. The number of amides is 5. The summed E-state index contributed by atoms with van der Waals surface area (Å²) in [6.07, 6.45) is -0.0320. The van der Waals surface area contributed by atoms with E-state index < -0.39 is 66.1 Å². The molecule has 0 fully saturated rings. The van der Waals surface area contributed by atoms with Crippen molar-refractivity contribution in [3.8, 4) is 5.75 Å². The van der Waals surface area contributed by atoms with Gasteiger partial charge in [0.15, 0.2) is 0 Å². The molecule has 0 radical (unpaired) electrons. The third kappa shape index (κ3) is 12.7. The molecule has 5 amide bonds. The first kappa shape index (κ1) is 32.8.